The fourth-order valence-corrected chi connectivity index (χ4v) is 2.02. The number of hydrogen-bond acceptors (Lipinski definition) is 4. The van der Waals surface area contributed by atoms with Crippen molar-refractivity contribution in [1.82, 2.24) is 4.98 Å². The van der Waals surface area contributed by atoms with Gasteiger partial charge in [-0.2, -0.15) is 5.10 Å². The van der Waals surface area contributed by atoms with E-state index in [2.05, 4.69) is 38.1 Å². The largest absolute Gasteiger partial charge is 0.253 e. The minimum Gasteiger partial charge on any atom is -0.253 e. The van der Waals surface area contributed by atoms with Gasteiger partial charge in [0.05, 0.1) is 6.21 Å². The summed E-state index contributed by atoms with van der Waals surface area (Å²) in [6, 6.07) is 8.07. The van der Waals surface area contributed by atoms with Gasteiger partial charge in [0.25, 0.3) is 0 Å². The van der Waals surface area contributed by atoms with Crippen molar-refractivity contribution >= 4 is 45.3 Å². The molecule has 0 bridgehead atoms. The molecule has 1 N–H and O–H groups in total. The first kappa shape index (κ1) is 10.6. The quantitative estimate of drug-likeness (QED) is 0.533. The fraction of sp³-hybridized carbons (Fsp3) is 0. The first-order chi connectivity index (χ1) is 7.36. The third-order valence-electron chi connectivity index (χ3n) is 1.70. The lowest BCUT2D eigenvalue weighted by Crippen LogP contribution is -1.91. The molecule has 0 aliphatic carbocycles. The van der Waals surface area contributed by atoms with Crippen molar-refractivity contribution in [3.8, 4) is 0 Å². The third kappa shape index (κ3) is 3.00. The van der Waals surface area contributed by atoms with E-state index in [9.17, 15) is 0 Å². The molecule has 0 radical (unpaired) electrons. The average Bonchev–Trinajstić information content (AvgIpc) is 2.74. The van der Waals surface area contributed by atoms with Gasteiger partial charge in [0.2, 0.25) is 5.13 Å². The summed E-state index contributed by atoms with van der Waals surface area (Å²) in [5.74, 6) is 0. The van der Waals surface area contributed by atoms with E-state index in [1.807, 2.05) is 29.6 Å². The number of nitrogens with one attached hydrogen (secondary N) is 1. The Hall–Kier alpha value is -0.950. The molecule has 0 amide bonds. The molecule has 0 aliphatic heterocycles. The third-order valence-corrected chi connectivity index (χ3v) is 3.36. The minimum absolute atomic E-state index is 0.803. The molecule has 0 aliphatic rings. The molecule has 3 nitrogen and oxygen atoms in total. The van der Waals surface area contributed by atoms with Crippen LogP contribution in [0.25, 0.3) is 0 Å². The summed E-state index contributed by atoms with van der Waals surface area (Å²) in [5, 5.41) is 6.82. The van der Waals surface area contributed by atoms with Gasteiger partial charge in [-0.15, -0.1) is 11.3 Å². The molecule has 5 heteroatoms. The second-order valence-corrected chi connectivity index (χ2v) is 4.79. The Morgan fingerprint density at radius 3 is 3.00 bits per heavy atom. The van der Waals surface area contributed by atoms with Gasteiger partial charge in [0.1, 0.15) is 0 Å². The standard InChI is InChI=1S/C10H8IN3S/c11-9-4-2-1-3-8(9)7-13-14-10-12-5-6-15-10/h1-7H,(H,12,14). The summed E-state index contributed by atoms with van der Waals surface area (Å²) < 4.78 is 1.18. The highest BCUT2D eigenvalue weighted by molar-refractivity contribution is 14.1. The molecule has 0 saturated heterocycles. The summed E-state index contributed by atoms with van der Waals surface area (Å²) in [6.07, 6.45) is 3.54. The Labute approximate surface area is 105 Å². The number of hydrazone groups is 1. The highest BCUT2D eigenvalue weighted by atomic mass is 127. The first-order valence-corrected chi connectivity index (χ1v) is 6.25. The molecule has 0 unspecified atom stereocenters. The molecule has 0 saturated carbocycles. The number of nitrogens with zero attached hydrogens (tertiary/aromatic N) is 2. The van der Waals surface area contributed by atoms with Crippen molar-refractivity contribution in [3.05, 3.63) is 45.0 Å². The lowest BCUT2D eigenvalue weighted by molar-refractivity contribution is 1.29. The highest BCUT2D eigenvalue weighted by Gasteiger charge is 1.93. The molecule has 15 heavy (non-hydrogen) atoms. The van der Waals surface area contributed by atoms with Crippen molar-refractivity contribution < 1.29 is 0 Å². The van der Waals surface area contributed by atoms with E-state index >= 15 is 0 Å². The van der Waals surface area contributed by atoms with Crippen molar-refractivity contribution in [2.75, 3.05) is 5.43 Å². The molecule has 1 heterocycles. The van der Waals surface area contributed by atoms with Crippen LogP contribution >= 0.6 is 33.9 Å². The zero-order valence-electron chi connectivity index (χ0n) is 7.72. The number of halogens is 1. The average molecular weight is 329 g/mol. The minimum atomic E-state index is 0.803. The van der Waals surface area contributed by atoms with Crippen LogP contribution in [0.2, 0.25) is 0 Å². The summed E-state index contributed by atoms with van der Waals surface area (Å²) in [6.45, 7) is 0. The monoisotopic (exact) mass is 329 g/mol. The number of benzene rings is 1. The van der Waals surface area contributed by atoms with E-state index in [4.69, 9.17) is 0 Å². The lowest BCUT2D eigenvalue weighted by atomic mass is 10.2. The van der Waals surface area contributed by atoms with E-state index in [0.29, 0.717) is 0 Å². The van der Waals surface area contributed by atoms with E-state index in [0.717, 1.165) is 10.7 Å². The number of thiazole rings is 1. The van der Waals surface area contributed by atoms with Crippen molar-refractivity contribution in [2.24, 2.45) is 5.10 Å². The molecule has 0 atom stereocenters. The first-order valence-electron chi connectivity index (χ1n) is 4.29. The SMILES string of the molecule is Ic1ccccc1C=NNc1nccs1. The number of anilines is 1. The summed E-state index contributed by atoms with van der Waals surface area (Å²) in [4.78, 5) is 4.06. The zero-order chi connectivity index (χ0) is 10.5. The summed E-state index contributed by atoms with van der Waals surface area (Å²) >= 11 is 3.81. The van der Waals surface area contributed by atoms with Crippen LogP contribution in [0.4, 0.5) is 5.13 Å². The van der Waals surface area contributed by atoms with Crippen molar-refractivity contribution in [1.29, 1.82) is 0 Å². The van der Waals surface area contributed by atoms with Gasteiger partial charge in [-0.25, -0.2) is 4.98 Å². The van der Waals surface area contributed by atoms with Crippen LogP contribution in [0.1, 0.15) is 5.56 Å². The van der Waals surface area contributed by atoms with Crippen LogP contribution in [-0.4, -0.2) is 11.2 Å². The van der Waals surface area contributed by atoms with Crippen LogP contribution in [0, 0.1) is 3.57 Å². The van der Waals surface area contributed by atoms with Gasteiger partial charge in [0, 0.05) is 20.7 Å². The predicted molar refractivity (Wildman–Crippen MR) is 72.5 cm³/mol. The fourth-order valence-electron chi connectivity index (χ4n) is 1.02. The van der Waals surface area contributed by atoms with Crippen molar-refractivity contribution in [2.45, 2.75) is 0 Å². The topological polar surface area (TPSA) is 37.3 Å². The van der Waals surface area contributed by atoms with Gasteiger partial charge in [-0.3, -0.25) is 5.43 Å². The smallest absolute Gasteiger partial charge is 0.203 e. The second-order valence-electron chi connectivity index (χ2n) is 2.73. The molecular formula is C10H8IN3S. The second kappa shape index (κ2) is 5.22. The molecule has 2 rings (SSSR count). The summed E-state index contributed by atoms with van der Waals surface area (Å²) in [5.41, 5.74) is 3.97. The Balaban J connectivity index is 2.03. The molecular weight excluding hydrogens is 321 g/mol. The van der Waals surface area contributed by atoms with E-state index < -0.39 is 0 Å². The molecule has 1 aromatic heterocycles. The zero-order valence-corrected chi connectivity index (χ0v) is 10.7. The van der Waals surface area contributed by atoms with Gasteiger partial charge < -0.3 is 0 Å². The maximum absolute atomic E-state index is 4.11. The molecule has 0 fully saturated rings. The summed E-state index contributed by atoms with van der Waals surface area (Å²) in [7, 11) is 0. The van der Waals surface area contributed by atoms with Crippen molar-refractivity contribution in [3.63, 3.8) is 0 Å². The van der Waals surface area contributed by atoms with Crippen LogP contribution in [-0.2, 0) is 0 Å². The molecule has 1 aromatic carbocycles. The van der Waals surface area contributed by atoms with Crippen LogP contribution in [0.3, 0.4) is 0 Å². The van der Waals surface area contributed by atoms with Gasteiger partial charge in [-0.1, -0.05) is 18.2 Å². The molecule has 76 valence electrons. The van der Waals surface area contributed by atoms with Crippen LogP contribution in [0.5, 0.6) is 0 Å². The highest BCUT2D eigenvalue weighted by Crippen LogP contribution is 2.11. The van der Waals surface area contributed by atoms with Crippen LogP contribution in [0.15, 0.2) is 40.9 Å². The van der Waals surface area contributed by atoms with E-state index in [1.165, 1.54) is 14.9 Å². The number of rotatable bonds is 3. The molecule has 2 aromatic rings. The van der Waals surface area contributed by atoms with E-state index in [1.54, 1.807) is 12.4 Å². The maximum Gasteiger partial charge on any atom is 0.203 e. The Morgan fingerprint density at radius 1 is 1.40 bits per heavy atom. The normalized spacial score (nSPS) is 10.7. The van der Waals surface area contributed by atoms with Gasteiger partial charge in [-0.05, 0) is 28.7 Å². The number of hydrogen-bond donors (Lipinski definition) is 1. The van der Waals surface area contributed by atoms with Gasteiger partial charge in [0.15, 0.2) is 0 Å². The maximum atomic E-state index is 4.11. The molecule has 0 spiro atoms. The predicted octanol–water partition coefficient (Wildman–Crippen LogP) is 3.19. The Morgan fingerprint density at radius 2 is 2.27 bits per heavy atom. The Kier molecular flexibility index (Phi) is 3.68. The lowest BCUT2D eigenvalue weighted by Gasteiger charge is -1.96. The van der Waals surface area contributed by atoms with Gasteiger partial charge >= 0.3 is 0 Å². The van der Waals surface area contributed by atoms with E-state index in [-0.39, 0.29) is 0 Å². The van der Waals surface area contributed by atoms with Crippen LogP contribution < -0.4 is 5.43 Å². The number of aromatic nitrogens is 1. The Bertz CT molecular complexity index is 453.